The molecule has 0 radical (unpaired) electrons. The Kier molecular flexibility index (Phi) is 6.13. The van der Waals surface area contributed by atoms with E-state index in [0.717, 1.165) is 5.56 Å². The maximum absolute atomic E-state index is 13.0. The first-order valence-corrected chi connectivity index (χ1v) is 11.0. The van der Waals surface area contributed by atoms with E-state index in [4.69, 9.17) is 4.74 Å². The summed E-state index contributed by atoms with van der Waals surface area (Å²) in [5.41, 5.74) is 1.86. The van der Waals surface area contributed by atoms with Crippen molar-refractivity contribution in [2.24, 2.45) is 0 Å². The lowest BCUT2D eigenvalue weighted by atomic mass is 10.1. The molecule has 2 heterocycles. The van der Waals surface area contributed by atoms with Gasteiger partial charge >= 0.3 is 0 Å². The highest BCUT2D eigenvalue weighted by Gasteiger charge is 2.35. The highest BCUT2D eigenvalue weighted by Crippen LogP contribution is 2.36. The van der Waals surface area contributed by atoms with Gasteiger partial charge in [0, 0.05) is 12.1 Å². The van der Waals surface area contributed by atoms with Crippen LogP contribution >= 0.6 is 11.3 Å². The molecule has 0 aliphatic carbocycles. The standard InChI is InChI=1S/C24H22N2O4S/c1-2-19-24(29)26(15-22(27)25-14-16-7-4-3-5-8-16)18-13-17(10-11-20(18)30-19)23(28)21-9-6-12-31-21/h3-13,19H,2,14-15H2,1H3,(H,25,27)/t19-/m0/s1. The molecule has 1 N–H and O–H groups in total. The summed E-state index contributed by atoms with van der Waals surface area (Å²) in [4.78, 5) is 40.4. The van der Waals surface area contributed by atoms with Crippen molar-refractivity contribution in [2.45, 2.75) is 26.0 Å². The van der Waals surface area contributed by atoms with E-state index in [1.54, 1.807) is 24.3 Å². The Labute approximate surface area is 184 Å². The maximum Gasteiger partial charge on any atom is 0.268 e. The summed E-state index contributed by atoms with van der Waals surface area (Å²) in [6, 6.07) is 18.2. The monoisotopic (exact) mass is 434 g/mol. The van der Waals surface area contributed by atoms with Crippen LogP contribution < -0.4 is 15.0 Å². The van der Waals surface area contributed by atoms with E-state index in [9.17, 15) is 14.4 Å². The zero-order valence-corrected chi connectivity index (χ0v) is 17.9. The van der Waals surface area contributed by atoms with Crippen LogP contribution in [0.3, 0.4) is 0 Å². The fourth-order valence-corrected chi connectivity index (χ4v) is 4.12. The fraction of sp³-hybridized carbons (Fsp3) is 0.208. The minimum atomic E-state index is -0.659. The number of benzene rings is 2. The van der Waals surface area contributed by atoms with Crippen molar-refractivity contribution in [2.75, 3.05) is 11.4 Å². The maximum atomic E-state index is 13.0. The molecule has 0 spiro atoms. The van der Waals surface area contributed by atoms with Crippen LogP contribution in [0.25, 0.3) is 0 Å². The van der Waals surface area contributed by atoms with Crippen molar-refractivity contribution < 1.29 is 19.1 Å². The van der Waals surface area contributed by atoms with Crippen molar-refractivity contribution in [1.82, 2.24) is 5.32 Å². The smallest absolute Gasteiger partial charge is 0.268 e. The lowest BCUT2D eigenvalue weighted by Crippen LogP contribution is -2.49. The van der Waals surface area contributed by atoms with Crippen LogP contribution in [0.2, 0.25) is 0 Å². The number of anilines is 1. The van der Waals surface area contributed by atoms with Crippen molar-refractivity contribution in [3.8, 4) is 5.75 Å². The van der Waals surface area contributed by atoms with Gasteiger partial charge in [-0.15, -0.1) is 11.3 Å². The second-order valence-corrected chi connectivity index (χ2v) is 8.14. The molecule has 7 heteroatoms. The van der Waals surface area contributed by atoms with Gasteiger partial charge in [-0.2, -0.15) is 0 Å². The van der Waals surface area contributed by atoms with Gasteiger partial charge in [0.25, 0.3) is 5.91 Å². The van der Waals surface area contributed by atoms with Gasteiger partial charge in [-0.1, -0.05) is 43.3 Å². The minimum absolute atomic E-state index is 0.128. The van der Waals surface area contributed by atoms with E-state index < -0.39 is 6.10 Å². The largest absolute Gasteiger partial charge is 0.478 e. The molecule has 6 nitrogen and oxygen atoms in total. The summed E-state index contributed by atoms with van der Waals surface area (Å²) in [5, 5.41) is 4.69. The normalized spacial score (nSPS) is 15.2. The van der Waals surface area contributed by atoms with E-state index in [-0.39, 0.29) is 24.1 Å². The first-order valence-electron chi connectivity index (χ1n) is 10.1. The number of rotatable bonds is 7. The van der Waals surface area contributed by atoms with E-state index in [1.807, 2.05) is 48.7 Å². The highest BCUT2D eigenvalue weighted by atomic mass is 32.1. The topological polar surface area (TPSA) is 75.7 Å². The van der Waals surface area contributed by atoms with Gasteiger partial charge in [-0.05, 0) is 41.6 Å². The first-order chi connectivity index (χ1) is 15.1. The van der Waals surface area contributed by atoms with Gasteiger partial charge in [0.15, 0.2) is 6.10 Å². The molecule has 4 rings (SSSR count). The molecule has 0 fully saturated rings. The Balaban J connectivity index is 1.57. The van der Waals surface area contributed by atoms with Gasteiger partial charge < -0.3 is 10.1 Å². The Bertz CT molecular complexity index is 1100. The van der Waals surface area contributed by atoms with Crippen LogP contribution in [0, 0.1) is 0 Å². The number of hydrogen-bond donors (Lipinski definition) is 1. The summed E-state index contributed by atoms with van der Waals surface area (Å²) in [5.74, 6) is -0.207. The van der Waals surface area contributed by atoms with Gasteiger partial charge in [0.1, 0.15) is 12.3 Å². The third-order valence-corrected chi connectivity index (χ3v) is 5.94. The molecule has 1 atom stereocenters. The Morgan fingerprint density at radius 2 is 1.90 bits per heavy atom. The molecule has 158 valence electrons. The fourth-order valence-electron chi connectivity index (χ4n) is 3.43. The van der Waals surface area contributed by atoms with Gasteiger partial charge in [0.2, 0.25) is 11.7 Å². The van der Waals surface area contributed by atoms with Crippen LogP contribution in [0.4, 0.5) is 5.69 Å². The highest BCUT2D eigenvalue weighted by molar-refractivity contribution is 7.12. The number of carbonyl (C=O) groups excluding carboxylic acids is 3. The predicted octanol–water partition coefficient (Wildman–Crippen LogP) is 3.80. The van der Waals surface area contributed by atoms with Gasteiger partial charge in [0.05, 0.1) is 10.6 Å². The van der Waals surface area contributed by atoms with E-state index in [2.05, 4.69) is 5.32 Å². The molecule has 0 saturated carbocycles. The molecular weight excluding hydrogens is 412 g/mol. The number of ketones is 1. The van der Waals surface area contributed by atoms with E-state index in [1.165, 1.54) is 16.2 Å². The molecule has 3 aromatic rings. The van der Waals surface area contributed by atoms with Crippen molar-refractivity contribution in [3.63, 3.8) is 0 Å². The number of ether oxygens (including phenoxy) is 1. The molecule has 0 unspecified atom stereocenters. The summed E-state index contributed by atoms with van der Waals surface area (Å²) >= 11 is 1.36. The third kappa shape index (κ3) is 4.51. The average Bonchev–Trinajstić information content (AvgIpc) is 3.34. The number of amides is 2. The molecule has 2 amide bonds. The SMILES string of the molecule is CC[C@@H]1Oc2ccc(C(=O)c3cccs3)cc2N(CC(=O)NCc2ccccc2)C1=O. The zero-order valence-electron chi connectivity index (χ0n) is 17.0. The lowest BCUT2D eigenvalue weighted by Gasteiger charge is -2.34. The lowest BCUT2D eigenvalue weighted by molar-refractivity contribution is -0.129. The van der Waals surface area contributed by atoms with E-state index in [0.29, 0.717) is 34.8 Å². The number of nitrogens with zero attached hydrogens (tertiary/aromatic N) is 1. The molecule has 1 aromatic heterocycles. The van der Waals surface area contributed by atoms with Crippen molar-refractivity contribution in [3.05, 3.63) is 82.0 Å². The van der Waals surface area contributed by atoms with Crippen LogP contribution in [-0.2, 0) is 16.1 Å². The summed E-state index contributed by atoms with van der Waals surface area (Å²) in [7, 11) is 0. The Morgan fingerprint density at radius 1 is 1.10 bits per heavy atom. The first kappa shape index (κ1) is 20.8. The number of nitrogens with one attached hydrogen (secondary N) is 1. The molecule has 0 bridgehead atoms. The van der Waals surface area contributed by atoms with Crippen LogP contribution in [0.1, 0.15) is 34.1 Å². The summed E-state index contributed by atoms with van der Waals surface area (Å²) < 4.78 is 5.83. The number of carbonyl (C=O) groups is 3. The van der Waals surface area contributed by atoms with Crippen LogP contribution in [-0.4, -0.2) is 30.2 Å². The average molecular weight is 435 g/mol. The molecule has 2 aromatic carbocycles. The molecule has 31 heavy (non-hydrogen) atoms. The predicted molar refractivity (Wildman–Crippen MR) is 120 cm³/mol. The number of thiophene rings is 1. The van der Waals surface area contributed by atoms with E-state index >= 15 is 0 Å². The zero-order chi connectivity index (χ0) is 21.8. The summed E-state index contributed by atoms with van der Waals surface area (Å²) in [6.45, 7) is 2.09. The number of hydrogen-bond acceptors (Lipinski definition) is 5. The van der Waals surface area contributed by atoms with Crippen molar-refractivity contribution in [1.29, 1.82) is 0 Å². The van der Waals surface area contributed by atoms with Gasteiger partial charge in [-0.3, -0.25) is 19.3 Å². The number of fused-ring (bicyclic) bond motifs is 1. The second kappa shape index (κ2) is 9.14. The Morgan fingerprint density at radius 3 is 2.61 bits per heavy atom. The second-order valence-electron chi connectivity index (χ2n) is 7.19. The minimum Gasteiger partial charge on any atom is -0.478 e. The van der Waals surface area contributed by atoms with Crippen LogP contribution in [0.15, 0.2) is 66.0 Å². The summed E-state index contributed by atoms with van der Waals surface area (Å²) in [6.07, 6.45) is -0.177. The molecule has 0 saturated heterocycles. The third-order valence-electron chi connectivity index (χ3n) is 5.07. The molecular formula is C24H22N2O4S. The van der Waals surface area contributed by atoms with Crippen molar-refractivity contribution >= 4 is 34.6 Å². The quantitative estimate of drug-likeness (QED) is 0.574. The van der Waals surface area contributed by atoms with Gasteiger partial charge in [-0.25, -0.2) is 0 Å². The molecule has 1 aliphatic heterocycles. The molecule has 1 aliphatic rings. The van der Waals surface area contributed by atoms with Crippen LogP contribution in [0.5, 0.6) is 5.75 Å². The Hall–Kier alpha value is -3.45.